The molecule has 0 aliphatic rings. The number of benzene rings is 1. The van der Waals surface area contributed by atoms with Crippen molar-refractivity contribution in [3.05, 3.63) is 41.7 Å². The lowest BCUT2D eigenvalue weighted by molar-refractivity contribution is -0.116. The molecule has 2 N–H and O–H groups in total. The van der Waals surface area contributed by atoms with Crippen molar-refractivity contribution in [2.75, 3.05) is 10.8 Å². The fraction of sp³-hybridized carbons (Fsp3) is 0.154. The number of aromatic nitrogens is 1. The Morgan fingerprint density at radius 2 is 2.18 bits per heavy atom. The Bertz CT molecular complexity index is 851. The molecule has 9 heteroatoms. The molecule has 0 aliphatic heterocycles. The van der Waals surface area contributed by atoms with E-state index < -0.39 is 22.5 Å². The van der Waals surface area contributed by atoms with Crippen molar-refractivity contribution in [1.29, 1.82) is 5.26 Å². The first-order chi connectivity index (χ1) is 10.3. The topological polar surface area (TPSA) is 130 Å². The summed E-state index contributed by atoms with van der Waals surface area (Å²) >= 11 is 0. The molecule has 1 aromatic carbocycles. The van der Waals surface area contributed by atoms with Gasteiger partial charge in [-0.15, -0.1) is 0 Å². The quantitative estimate of drug-likeness (QED) is 0.855. The van der Waals surface area contributed by atoms with Gasteiger partial charge in [-0.2, -0.15) is 5.26 Å². The maximum Gasteiger partial charge on any atom is 0.266 e. The number of anilines is 1. The largest absolute Gasteiger partial charge is 0.368 e. The summed E-state index contributed by atoms with van der Waals surface area (Å²) in [6.07, 6.45) is 0. The highest BCUT2D eigenvalue weighted by Gasteiger charge is 2.29. The molecule has 114 valence electrons. The molecular weight excluding hydrogens is 308 g/mol. The van der Waals surface area contributed by atoms with Crippen LogP contribution in [0.2, 0.25) is 0 Å². The smallest absolute Gasteiger partial charge is 0.266 e. The van der Waals surface area contributed by atoms with E-state index in [0.29, 0.717) is 5.76 Å². The number of primary amides is 1. The van der Waals surface area contributed by atoms with E-state index in [1.54, 1.807) is 6.92 Å². The normalized spacial score (nSPS) is 10.9. The van der Waals surface area contributed by atoms with Crippen LogP contribution in [0.5, 0.6) is 0 Å². The Morgan fingerprint density at radius 1 is 1.45 bits per heavy atom. The van der Waals surface area contributed by atoms with E-state index in [1.165, 1.54) is 30.3 Å². The summed E-state index contributed by atoms with van der Waals surface area (Å²) in [6, 6.07) is 8.65. The molecule has 0 saturated heterocycles. The fourth-order valence-corrected chi connectivity index (χ4v) is 3.17. The molecule has 1 amide bonds. The number of nitriles is 1. The lowest BCUT2D eigenvalue weighted by atomic mass is 10.2. The van der Waals surface area contributed by atoms with Gasteiger partial charge in [0.25, 0.3) is 10.0 Å². The summed E-state index contributed by atoms with van der Waals surface area (Å²) in [7, 11) is -4.11. The van der Waals surface area contributed by atoms with Gasteiger partial charge < -0.3 is 10.3 Å². The molecule has 8 nitrogen and oxygen atoms in total. The predicted molar refractivity (Wildman–Crippen MR) is 76.1 cm³/mol. The second-order valence-corrected chi connectivity index (χ2v) is 6.28. The van der Waals surface area contributed by atoms with Crippen LogP contribution >= 0.6 is 0 Å². The van der Waals surface area contributed by atoms with Gasteiger partial charge in [-0.25, -0.2) is 12.7 Å². The molecular formula is C13H12N4O4S. The Labute approximate surface area is 126 Å². The molecule has 0 saturated carbocycles. The number of carbonyl (C=O) groups is 1. The number of hydrogen-bond acceptors (Lipinski definition) is 6. The van der Waals surface area contributed by atoms with Crippen LogP contribution in [0, 0.1) is 18.3 Å². The number of carbonyl (C=O) groups excluding carboxylic acids is 1. The van der Waals surface area contributed by atoms with E-state index in [4.69, 9.17) is 15.5 Å². The first kappa shape index (κ1) is 15.5. The molecule has 0 radical (unpaired) electrons. The van der Waals surface area contributed by atoms with Crippen LogP contribution in [-0.2, 0) is 14.8 Å². The van der Waals surface area contributed by atoms with Crippen molar-refractivity contribution >= 4 is 21.7 Å². The standard InChI is InChI=1S/C13H12N4O4S/c1-9-5-13(16-21-9)17(8-12(15)18)22(19,20)11-4-2-3-10(6-11)7-14/h2-6H,8H2,1H3,(H2,15,18). The highest BCUT2D eigenvalue weighted by molar-refractivity contribution is 7.92. The first-order valence-corrected chi connectivity index (χ1v) is 7.53. The number of nitrogens with two attached hydrogens (primary N) is 1. The lowest BCUT2D eigenvalue weighted by Gasteiger charge is -2.19. The zero-order chi connectivity index (χ0) is 16.3. The summed E-state index contributed by atoms with van der Waals surface area (Å²) in [5, 5.41) is 12.5. The third-order valence-electron chi connectivity index (χ3n) is 2.72. The van der Waals surface area contributed by atoms with Gasteiger partial charge in [0.05, 0.1) is 16.5 Å². The van der Waals surface area contributed by atoms with Gasteiger partial charge >= 0.3 is 0 Å². The van der Waals surface area contributed by atoms with Crippen LogP contribution in [0.1, 0.15) is 11.3 Å². The van der Waals surface area contributed by atoms with E-state index in [9.17, 15) is 13.2 Å². The molecule has 2 aromatic rings. The SMILES string of the molecule is Cc1cc(N(CC(N)=O)S(=O)(=O)c2cccc(C#N)c2)no1. The molecule has 22 heavy (non-hydrogen) atoms. The van der Waals surface area contributed by atoms with Gasteiger partial charge in [-0.05, 0) is 25.1 Å². The third kappa shape index (κ3) is 3.07. The molecule has 0 spiro atoms. The molecule has 0 atom stereocenters. The summed E-state index contributed by atoms with van der Waals surface area (Å²) in [6.45, 7) is 0.993. The Hall–Kier alpha value is -2.86. The molecule has 0 fully saturated rings. The van der Waals surface area contributed by atoms with E-state index in [-0.39, 0.29) is 16.3 Å². The summed E-state index contributed by atoms with van der Waals surface area (Å²) < 4.78 is 30.9. The van der Waals surface area contributed by atoms with Gasteiger partial charge in [0.2, 0.25) is 5.91 Å². The zero-order valence-corrected chi connectivity index (χ0v) is 12.4. The van der Waals surface area contributed by atoms with Crippen molar-refractivity contribution in [2.45, 2.75) is 11.8 Å². The van der Waals surface area contributed by atoms with Gasteiger partial charge in [-0.3, -0.25) is 4.79 Å². The van der Waals surface area contributed by atoms with Crippen LogP contribution in [0.25, 0.3) is 0 Å². The minimum absolute atomic E-state index is 0.0568. The van der Waals surface area contributed by atoms with Crippen LogP contribution < -0.4 is 10.0 Å². The molecule has 1 heterocycles. The molecule has 0 aliphatic carbocycles. The van der Waals surface area contributed by atoms with Gasteiger partial charge in [0, 0.05) is 6.07 Å². The van der Waals surface area contributed by atoms with E-state index in [1.807, 2.05) is 6.07 Å². The highest BCUT2D eigenvalue weighted by atomic mass is 32.2. The summed E-state index contributed by atoms with van der Waals surface area (Å²) in [5.74, 6) is -0.523. The number of aryl methyl sites for hydroxylation is 1. The number of hydrogen-bond donors (Lipinski definition) is 1. The van der Waals surface area contributed by atoms with Crippen molar-refractivity contribution in [2.24, 2.45) is 5.73 Å². The lowest BCUT2D eigenvalue weighted by Crippen LogP contribution is -2.38. The number of rotatable bonds is 5. The molecule has 2 rings (SSSR count). The second-order valence-electron chi connectivity index (χ2n) is 4.41. The van der Waals surface area contributed by atoms with Gasteiger partial charge in [0.1, 0.15) is 12.3 Å². The average Bonchev–Trinajstić information content (AvgIpc) is 2.90. The predicted octanol–water partition coefficient (Wildman–Crippen LogP) is 0.535. The van der Waals surface area contributed by atoms with Crippen molar-refractivity contribution in [1.82, 2.24) is 5.16 Å². The van der Waals surface area contributed by atoms with Crippen LogP contribution in [0.15, 0.2) is 39.8 Å². The van der Waals surface area contributed by atoms with E-state index in [0.717, 1.165) is 4.31 Å². The van der Waals surface area contributed by atoms with E-state index >= 15 is 0 Å². The average molecular weight is 320 g/mol. The van der Waals surface area contributed by atoms with Crippen LogP contribution in [0.4, 0.5) is 5.82 Å². The first-order valence-electron chi connectivity index (χ1n) is 6.09. The second kappa shape index (κ2) is 5.87. The Morgan fingerprint density at radius 3 is 2.73 bits per heavy atom. The van der Waals surface area contributed by atoms with Crippen molar-refractivity contribution < 1.29 is 17.7 Å². The highest BCUT2D eigenvalue weighted by Crippen LogP contribution is 2.23. The Balaban J connectivity index is 2.54. The van der Waals surface area contributed by atoms with Crippen molar-refractivity contribution in [3.63, 3.8) is 0 Å². The monoisotopic (exact) mass is 320 g/mol. The zero-order valence-electron chi connectivity index (χ0n) is 11.6. The van der Waals surface area contributed by atoms with Crippen LogP contribution in [-0.4, -0.2) is 26.0 Å². The maximum atomic E-state index is 12.7. The molecule has 1 aromatic heterocycles. The number of sulfonamides is 1. The number of amides is 1. The maximum absolute atomic E-state index is 12.7. The summed E-state index contributed by atoms with van der Waals surface area (Å²) in [5.41, 5.74) is 5.29. The van der Waals surface area contributed by atoms with E-state index in [2.05, 4.69) is 5.16 Å². The van der Waals surface area contributed by atoms with Gasteiger partial charge in [-0.1, -0.05) is 11.2 Å². The molecule has 0 unspecified atom stereocenters. The minimum Gasteiger partial charge on any atom is -0.368 e. The number of nitrogens with zero attached hydrogens (tertiary/aromatic N) is 3. The minimum atomic E-state index is -4.11. The van der Waals surface area contributed by atoms with Crippen LogP contribution in [0.3, 0.4) is 0 Å². The summed E-state index contributed by atoms with van der Waals surface area (Å²) in [4.78, 5) is 11.1. The van der Waals surface area contributed by atoms with Crippen molar-refractivity contribution in [3.8, 4) is 6.07 Å². The van der Waals surface area contributed by atoms with Gasteiger partial charge in [0.15, 0.2) is 5.82 Å². The Kier molecular flexibility index (Phi) is 4.14. The molecule has 0 bridgehead atoms. The fourth-order valence-electron chi connectivity index (χ4n) is 1.75. The third-order valence-corrected chi connectivity index (χ3v) is 4.47.